The highest BCUT2D eigenvalue weighted by molar-refractivity contribution is 5.40. The summed E-state index contributed by atoms with van der Waals surface area (Å²) in [7, 11) is 0. The number of anilines is 1. The third kappa shape index (κ3) is 4.22. The number of rotatable bonds is 6. The second kappa shape index (κ2) is 7.11. The van der Waals surface area contributed by atoms with Crippen LogP contribution in [0.2, 0.25) is 0 Å². The summed E-state index contributed by atoms with van der Waals surface area (Å²) in [6.07, 6.45) is 1.82. The van der Waals surface area contributed by atoms with Gasteiger partial charge in [0, 0.05) is 12.7 Å². The first-order valence-corrected chi connectivity index (χ1v) is 7.52. The van der Waals surface area contributed by atoms with Gasteiger partial charge < -0.3 is 10.1 Å². The topological polar surface area (TPSA) is 34.1 Å². The molecule has 3 nitrogen and oxygen atoms in total. The molecule has 1 heterocycles. The minimum Gasteiger partial charge on any atom is -0.489 e. The number of aromatic nitrogens is 1. The van der Waals surface area contributed by atoms with Crippen molar-refractivity contribution < 1.29 is 4.74 Å². The lowest BCUT2D eigenvalue weighted by Gasteiger charge is -2.15. The summed E-state index contributed by atoms with van der Waals surface area (Å²) in [4.78, 5) is 4.28. The minimum atomic E-state index is 0.454. The Hall–Kier alpha value is -2.03. The van der Waals surface area contributed by atoms with Crippen LogP contribution in [0.3, 0.4) is 0 Å². The van der Waals surface area contributed by atoms with Gasteiger partial charge in [0.25, 0.3) is 0 Å². The van der Waals surface area contributed by atoms with Gasteiger partial charge in [-0.25, -0.2) is 4.98 Å². The standard InChI is InChI=1S/C18H24N2O/c1-5-19-18-11-15(8-9-20-18)12-21-17-10-14(4)6-7-16(17)13(2)3/h6-11,13H,5,12H2,1-4H3,(H,19,20). The fraction of sp³-hybridized carbons (Fsp3) is 0.389. The lowest BCUT2D eigenvalue weighted by atomic mass is 10.0. The summed E-state index contributed by atoms with van der Waals surface area (Å²) in [5.74, 6) is 2.33. The van der Waals surface area contributed by atoms with Gasteiger partial charge in [-0.2, -0.15) is 0 Å². The van der Waals surface area contributed by atoms with Crippen molar-refractivity contribution in [3.05, 3.63) is 53.2 Å². The summed E-state index contributed by atoms with van der Waals surface area (Å²) < 4.78 is 6.04. The molecule has 0 fully saturated rings. The zero-order valence-electron chi connectivity index (χ0n) is 13.3. The van der Waals surface area contributed by atoms with Crippen molar-refractivity contribution >= 4 is 5.82 Å². The Morgan fingerprint density at radius 2 is 2.00 bits per heavy atom. The van der Waals surface area contributed by atoms with Crippen LogP contribution in [0.15, 0.2) is 36.5 Å². The van der Waals surface area contributed by atoms with E-state index in [9.17, 15) is 0 Å². The molecular formula is C18H24N2O. The Labute approximate surface area is 127 Å². The second-order valence-electron chi connectivity index (χ2n) is 5.56. The molecule has 2 aromatic rings. The number of nitrogens with one attached hydrogen (secondary N) is 1. The molecule has 0 aliphatic carbocycles. The zero-order valence-corrected chi connectivity index (χ0v) is 13.3. The van der Waals surface area contributed by atoms with Gasteiger partial charge in [-0.1, -0.05) is 26.0 Å². The first-order valence-electron chi connectivity index (χ1n) is 7.52. The van der Waals surface area contributed by atoms with E-state index in [2.05, 4.69) is 56.2 Å². The summed E-state index contributed by atoms with van der Waals surface area (Å²) in [5, 5.41) is 3.22. The van der Waals surface area contributed by atoms with Gasteiger partial charge in [-0.05, 0) is 54.7 Å². The van der Waals surface area contributed by atoms with Crippen molar-refractivity contribution in [1.82, 2.24) is 4.98 Å². The summed E-state index contributed by atoms with van der Waals surface area (Å²) in [5.41, 5.74) is 3.59. The average Bonchev–Trinajstić information content (AvgIpc) is 2.45. The van der Waals surface area contributed by atoms with Crippen LogP contribution in [0, 0.1) is 6.92 Å². The summed E-state index contributed by atoms with van der Waals surface area (Å²) in [6.45, 7) is 9.95. The molecule has 3 heteroatoms. The fourth-order valence-corrected chi connectivity index (χ4v) is 2.25. The maximum Gasteiger partial charge on any atom is 0.126 e. The van der Waals surface area contributed by atoms with E-state index >= 15 is 0 Å². The predicted octanol–water partition coefficient (Wildman–Crippen LogP) is 4.52. The number of aryl methyl sites for hydroxylation is 1. The molecule has 0 aliphatic rings. The van der Waals surface area contributed by atoms with Crippen LogP contribution < -0.4 is 10.1 Å². The third-order valence-corrected chi connectivity index (χ3v) is 3.37. The molecule has 1 N–H and O–H groups in total. The lowest BCUT2D eigenvalue weighted by molar-refractivity contribution is 0.301. The molecule has 0 atom stereocenters. The highest BCUT2D eigenvalue weighted by Gasteiger charge is 2.08. The Morgan fingerprint density at radius 3 is 2.71 bits per heavy atom. The van der Waals surface area contributed by atoms with E-state index in [0.717, 1.165) is 23.7 Å². The number of pyridine rings is 1. The second-order valence-corrected chi connectivity index (χ2v) is 5.56. The fourth-order valence-electron chi connectivity index (χ4n) is 2.25. The number of benzene rings is 1. The van der Waals surface area contributed by atoms with Crippen LogP contribution in [-0.4, -0.2) is 11.5 Å². The first-order chi connectivity index (χ1) is 10.1. The quantitative estimate of drug-likeness (QED) is 0.846. The molecule has 0 spiro atoms. The molecule has 21 heavy (non-hydrogen) atoms. The molecule has 1 aromatic carbocycles. The van der Waals surface area contributed by atoms with Crippen LogP contribution in [0.1, 0.15) is 43.4 Å². The molecular weight excluding hydrogens is 260 g/mol. The van der Waals surface area contributed by atoms with E-state index in [1.54, 1.807) is 0 Å². The van der Waals surface area contributed by atoms with E-state index in [-0.39, 0.29) is 0 Å². The molecule has 0 amide bonds. The van der Waals surface area contributed by atoms with Gasteiger partial charge in [0.1, 0.15) is 18.2 Å². The molecule has 112 valence electrons. The van der Waals surface area contributed by atoms with Crippen LogP contribution in [-0.2, 0) is 6.61 Å². The van der Waals surface area contributed by atoms with E-state index in [4.69, 9.17) is 4.74 Å². The zero-order chi connectivity index (χ0) is 15.2. The van der Waals surface area contributed by atoms with Crippen molar-refractivity contribution in [2.75, 3.05) is 11.9 Å². The van der Waals surface area contributed by atoms with E-state index in [1.807, 2.05) is 18.3 Å². The van der Waals surface area contributed by atoms with E-state index in [0.29, 0.717) is 12.5 Å². The largest absolute Gasteiger partial charge is 0.489 e. The number of hydrogen-bond donors (Lipinski definition) is 1. The predicted molar refractivity (Wildman–Crippen MR) is 88.0 cm³/mol. The molecule has 0 unspecified atom stereocenters. The molecule has 0 aliphatic heterocycles. The number of ether oxygens (including phenoxy) is 1. The molecule has 0 bridgehead atoms. The smallest absolute Gasteiger partial charge is 0.126 e. The first kappa shape index (κ1) is 15.4. The summed E-state index contributed by atoms with van der Waals surface area (Å²) in [6, 6.07) is 10.4. The molecule has 0 saturated heterocycles. The van der Waals surface area contributed by atoms with E-state index in [1.165, 1.54) is 11.1 Å². The van der Waals surface area contributed by atoms with Crippen molar-refractivity contribution in [1.29, 1.82) is 0 Å². The maximum atomic E-state index is 6.04. The van der Waals surface area contributed by atoms with Gasteiger partial charge in [-0.3, -0.25) is 0 Å². The Balaban J connectivity index is 2.12. The van der Waals surface area contributed by atoms with Crippen molar-refractivity contribution in [2.45, 2.75) is 40.2 Å². The van der Waals surface area contributed by atoms with Crippen LogP contribution >= 0.6 is 0 Å². The van der Waals surface area contributed by atoms with Crippen LogP contribution in [0.4, 0.5) is 5.82 Å². The highest BCUT2D eigenvalue weighted by Crippen LogP contribution is 2.28. The van der Waals surface area contributed by atoms with E-state index < -0.39 is 0 Å². The van der Waals surface area contributed by atoms with Crippen molar-refractivity contribution in [3.8, 4) is 5.75 Å². The Bertz CT molecular complexity index is 594. The van der Waals surface area contributed by atoms with Gasteiger partial charge in [0.15, 0.2) is 0 Å². The number of nitrogens with zero attached hydrogens (tertiary/aromatic N) is 1. The normalized spacial score (nSPS) is 10.7. The van der Waals surface area contributed by atoms with Gasteiger partial charge >= 0.3 is 0 Å². The molecule has 0 saturated carbocycles. The van der Waals surface area contributed by atoms with Crippen molar-refractivity contribution in [3.63, 3.8) is 0 Å². The maximum absolute atomic E-state index is 6.04. The lowest BCUT2D eigenvalue weighted by Crippen LogP contribution is -2.03. The SMILES string of the molecule is CCNc1cc(COc2cc(C)ccc2C(C)C)ccn1. The Morgan fingerprint density at radius 1 is 1.19 bits per heavy atom. The van der Waals surface area contributed by atoms with Gasteiger partial charge in [0.2, 0.25) is 0 Å². The third-order valence-electron chi connectivity index (χ3n) is 3.37. The Kier molecular flexibility index (Phi) is 5.20. The van der Waals surface area contributed by atoms with Crippen LogP contribution in [0.25, 0.3) is 0 Å². The van der Waals surface area contributed by atoms with Gasteiger partial charge in [-0.15, -0.1) is 0 Å². The minimum absolute atomic E-state index is 0.454. The molecule has 2 rings (SSSR count). The molecule has 0 radical (unpaired) electrons. The average molecular weight is 284 g/mol. The highest BCUT2D eigenvalue weighted by atomic mass is 16.5. The number of hydrogen-bond acceptors (Lipinski definition) is 3. The van der Waals surface area contributed by atoms with Crippen LogP contribution in [0.5, 0.6) is 5.75 Å². The summed E-state index contributed by atoms with van der Waals surface area (Å²) >= 11 is 0. The molecule has 1 aromatic heterocycles. The van der Waals surface area contributed by atoms with Gasteiger partial charge in [0.05, 0.1) is 0 Å². The van der Waals surface area contributed by atoms with Crippen molar-refractivity contribution in [2.24, 2.45) is 0 Å². The monoisotopic (exact) mass is 284 g/mol.